The van der Waals surface area contributed by atoms with Crippen molar-refractivity contribution in [3.05, 3.63) is 68.9 Å². The number of sulfonamides is 1. The number of carbonyl (C=O) groups excluding carboxylic acids is 1. The van der Waals surface area contributed by atoms with Gasteiger partial charge in [-0.05, 0) is 51.0 Å². The van der Waals surface area contributed by atoms with E-state index in [1.54, 1.807) is 41.1 Å². The Morgan fingerprint density at radius 2 is 1.65 bits per heavy atom. The third-order valence-electron chi connectivity index (χ3n) is 7.69. The number of aromatic nitrogens is 3. The van der Waals surface area contributed by atoms with E-state index in [-0.39, 0.29) is 24.4 Å². The molecule has 0 spiro atoms. The van der Waals surface area contributed by atoms with Crippen LogP contribution in [0.25, 0.3) is 5.69 Å². The highest BCUT2D eigenvalue weighted by Crippen LogP contribution is 2.34. The standard InChI is InChI=1S/C27H31Cl3N6O3S/c1-18-3-5-22(6-4-18)40(38,39)34-11-9-33(10-12-34)17-26(37)35-8-7-20(13-19(35)2)25-16-36(32-31-25)27-23(29)14-21(28)15-24(27)30/h3-6,14-16,19-20H,7-13,17H2,1-2H3. The number of benzene rings is 2. The van der Waals surface area contributed by atoms with Gasteiger partial charge < -0.3 is 4.90 Å². The summed E-state index contributed by atoms with van der Waals surface area (Å²) in [5, 5.41) is 9.82. The number of nitrogens with zero attached hydrogens (tertiary/aromatic N) is 6. The summed E-state index contributed by atoms with van der Waals surface area (Å²) in [4.78, 5) is 17.5. The van der Waals surface area contributed by atoms with Gasteiger partial charge in [0.05, 0.1) is 33.4 Å². The van der Waals surface area contributed by atoms with Gasteiger partial charge in [-0.2, -0.15) is 4.31 Å². The number of carbonyl (C=O) groups is 1. The molecule has 2 unspecified atom stereocenters. The largest absolute Gasteiger partial charge is 0.339 e. The lowest BCUT2D eigenvalue weighted by Crippen LogP contribution is -2.53. The molecule has 2 aromatic carbocycles. The molecule has 0 bridgehead atoms. The minimum atomic E-state index is -3.54. The van der Waals surface area contributed by atoms with Crippen LogP contribution in [0.2, 0.25) is 15.1 Å². The second-order valence-electron chi connectivity index (χ2n) is 10.5. The number of piperazine rings is 1. The van der Waals surface area contributed by atoms with E-state index in [9.17, 15) is 13.2 Å². The third kappa shape index (κ3) is 6.17. The number of halogens is 3. The molecule has 3 aromatic rings. The maximum Gasteiger partial charge on any atom is 0.243 e. The molecule has 1 aromatic heterocycles. The van der Waals surface area contributed by atoms with Gasteiger partial charge in [0, 0.05) is 49.7 Å². The lowest BCUT2D eigenvalue weighted by molar-refractivity contribution is -0.136. The monoisotopic (exact) mass is 624 g/mol. The molecule has 2 aliphatic rings. The fourth-order valence-electron chi connectivity index (χ4n) is 5.41. The summed E-state index contributed by atoms with van der Waals surface area (Å²) in [6.07, 6.45) is 3.36. The molecule has 9 nitrogen and oxygen atoms in total. The van der Waals surface area contributed by atoms with Crippen LogP contribution in [0.4, 0.5) is 0 Å². The maximum atomic E-state index is 13.2. The van der Waals surface area contributed by atoms with Crippen molar-refractivity contribution in [1.29, 1.82) is 0 Å². The number of hydrogen-bond acceptors (Lipinski definition) is 6. The van der Waals surface area contributed by atoms with E-state index < -0.39 is 10.0 Å². The van der Waals surface area contributed by atoms with Crippen LogP contribution in [0, 0.1) is 6.92 Å². The predicted octanol–water partition coefficient (Wildman–Crippen LogP) is 4.64. The zero-order valence-electron chi connectivity index (χ0n) is 22.3. The molecule has 0 N–H and O–H groups in total. The normalized spacial score (nSPS) is 21.1. The highest BCUT2D eigenvalue weighted by Gasteiger charge is 2.33. The summed E-state index contributed by atoms with van der Waals surface area (Å²) < 4.78 is 29.1. The molecule has 40 heavy (non-hydrogen) atoms. The molecular weight excluding hydrogens is 595 g/mol. The van der Waals surface area contributed by atoms with E-state index in [4.69, 9.17) is 34.8 Å². The van der Waals surface area contributed by atoms with Gasteiger partial charge in [-0.1, -0.05) is 57.7 Å². The van der Waals surface area contributed by atoms with Gasteiger partial charge >= 0.3 is 0 Å². The molecule has 2 aliphatic heterocycles. The highest BCUT2D eigenvalue weighted by molar-refractivity contribution is 7.89. The van der Waals surface area contributed by atoms with Crippen LogP contribution < -0.4 is 0 Å². The highest BCUT2D eigenvalue weighted by atomic mass is 35.5. The van der Waals surface area contributed by atoms with Crippen molar-refractivity contribution in [3.8, 4) is 5.69 Å². The quantitative estimate of drug-likeness (QED) is 0.397. The van der Waals surface area contributed by atoms with Crippen molar-refractivity contribution < 1.29 is 13.2 Å². The number of likely N-dealkylation sites (tertiary alicyclic amines) is 1. The minimum Gasteiger partial charge on any atom is -0.339 e. The molecular formula is C27H31Cl3N6O3S. The fraction of sp³-hybridized carbons (Fsp3) is 0.444. The maximum absolute atomic E-state index is 13.2. The number of piperidine rings is 1. The summed E-state index contributed by atoms with van der Waals surface area (Å²) in [6.45, 7) is 6.61. The first-order valence-electron chi connectivity index (χ1n) is 13.2. The predicted molar refractivity (Wildman–Crippen MR) is 156 cm³/mol. The molecule has 2 saturated heterocycles. The van der Waals surface area contributed by atoms with Gasteiger partial charge in [-0.3, -0.25) is 9.69 Å². The summed E-state index contributed by atoms with van der Waals surface area (Å²) in [7, 11) is -3.54. The van der Waals surface area contributed by atoms with Crippen molar-refractivity contribution in [2.24, 2.45) is 0 Å². The van der Waals surface area contributed by atoms with Gasteiger partial charge in [0.1, 0.15) is 5.69 Å². The number of rotatable bonds is 6. The molecule has 214 valence electrons. The average Bonchev–Trinajstić information content (AvgIpc) is 3.38. The van der Waals surface area contributed by atoms with Crippen molar-refractivity contribution in [2.45, 2.75) is 43.5 Å². The van der Waals surface area contributed by atoms with Crippen LogP contribution >= 0.6 is 34.8 Å². The first kappa shape index (κ1) is 29.3. The summed E-state index contributed by atoms with van der Waals surface area (Å²) >= 11 is 18.7. The van der Waals surface area contributed by atoms with E-state index >= 15 is 0 Å². The lowest BCUT2D eigenvalue weighted by atomic mass is 9.89. The first-order chi connectivity index (χ1) is 19.0. The van der Waals surface area contributed by atoms with Crippen molar-refractivity contribution in [1.82, 2.24) is 29.1 Å². The Labute approximate surface area is 249 Å². The number of aryl methyl sites for hydroxylation is 1. The van der Waals surface area contributed by atoms with E-state index in [0.29, 0.717) is 58.4 Å². The number of hydrogen-bond donors (Lipinski definition) is 0. The molecule has 2 atom stereocenters. The van der Waals surface area contributed by atoms with Gasteiger partial charge in [-0.25, -0.2) is 13.1 Å². The minimum absolute atomic E-state index is 0.0299. The van der Waals surface area contributed by atoms with Gasteiger partial charge in [0.15, 0.2) is 0 Å². The van der Waals surface area contributed by atoms with Crippen molar-refractivity contribution in [2.75, 3.05) is 39.3 Å². The topological polar surface area (TPSA) is 91.6 Å². The van der Waals surface area contributed by atoms with Crippen LogP contribution in [0.15, 0.2) is 47.5 Å². The van der Waals surface area contributed by atoms with E-state index in [2.05, 4.69) is 10.3 Å². The third-order valence-corrected chi connectivity index (χ3v) is 10.4. The molecule has 5 rings (SSSR count). The molecule has 1 amide bonds. The van der Waals surface area contributed by atoms with Crippen LogP contribution in [0.1, 0.15) is 36.9 Å². The van der Waals surface area contributed by atoms with Crippen LogP contribution in [0.3, 0.4) is 0 Å². The molecule has 3 heterocycles. The molecule has 13 heteroatoms. The van der Waals surface area contributed by atoms with Crippen molar-refractivity contribution >= 4 is 50.7 Å². The van der Waals surface area contributed by atoms with Crippen LogP contribution in [-0.2, 0) is 14.8 Å². The van der Waals surface area contributed by atoms with Gasteiger partial charge in [0.25, 0.3) is 0 Å². The molecule has 0 saturated carbocycles. The second-order valence-corrected chi connectivity index (χ2v) is 13.6. The Kier molecular flexibility index (Phi) is 8.75. The van der Waals surface area contributed by atoms with Crippen LogP contribution in [-0.4, -0.2) is 88.7 Å². The summed E-state index contributed by atoms with van der Waals surface area (Å²) in [6, 6.07) is 10.2. The zero-order valence-corrected chi connectivity index (χ0v) is 25.4. The van der Waals surface area contributed by atoms with Gasteiger partial charge in [-0.15, -0.1) is 5.10 Å². The molecule has 2 fully saturated rings. The van der Waals surface area contributed by atoms with E-state index in [1.165, 1.54) is 4.31 Å². The Morgan fingerprint density at radius 3 is 2.27 bits per heavy atom. The SMILES string of the molecule is Cc1ccc(S(=O)(=O)N2CCN(CC(=O)N3CCC(c4cn(-c5c(Cl)cc(Cl)cc5Cl)nn4)CC3C)CC2)cc1. The molecule has 0 aliphatic carbocycles. The second kappa shape index (κ2) is 12.0. The number of amides is 1. The Balaban J connectivity index is 1.15. The Hall–Kier alpha value is -2.21. The Morgan fingerprint density at radius 1 is 1.00 bits per heavy atom. The summed E-state index contributed by atoms with van der Waals surface area (Å²) in [5.74, 6) is 0.206. The van der Waals surface area contributed by atoms with E-state index in [0.717, 1.165) is 24.1 Å². The Bertz CT molecular complexity index is 1470. The van der Waals surface area contributed by atoms with Crippen molar-refractivity contribution in [3.63, 3.8) is 0 Å². The first-order valence-corrected chi connectivity index (χ1v) is 15.8. The van der Waals surface area contributed by atoms with E-state index in [1.807, 2.05) is 29.8 Å². The lowest BCUT2D eigenvalue weighted by Gasteiger charge is -2.39. The van der Waals surface area contributed by atoms with Gasteiger partial charge in [0.2, 0.25) is 15.9 Å². The smallest absolute Gasteiger partial charge is 0.243 e. The zero-order chi connectivity index (χ0) is 28.6. The average molecular weight is 626 g/mol. The summed E-state index contributed by atoms with van der Waals surface area (Å²) in [5.41, 5.74) is 2.37. The molecule has 0 radical (unpaired) electrons. The van der Waals surface area contributed by atoms with Crippen LogP contribution in [0.5, 0.6) is 0 Å². The fourth-order valence-corrected chi connectivity index (χ4v) is 7.82.